The van der Waals surface area contributed by atoms with Crippen LogP contribution in [0.1, 0.15) is 33.1 Å². The molecule has 0 aromatic carbocycles. The Morgan fingerprint density at radius 1 is 1.28 bits per heavy atom. The van der Waals surface area contributed by atoms with Crippen molar-refractivity contribution in [1.82, 2.24) is 0 Å². The molecule has 4 nitrogen and oxygen atoms in total. The number of carbonyl (C=O) groups excluding carboxylic acids is 2. The molecule has 0 saturated heterocycles. The van der Waals surface area contributed by atoms with E-state index < -0.39 is 0 Å². The first-order valence-corrected chi connectivity index (χ1v) is 6.64. The minimum atomic E-state index is -0.250. The van der Waals surface area contributed by atoms with Gasteiger partial charge in [-0.3, -0.25) is 9.59 Å². The minimum Gasteiger partial charge on any atom is -0.466 e. The molecule has 4 heteroatoms. The number of fused-ring (bicyclic) bond motifs is 1. The first kappa shape index (κ1) is 13.1. The van der Waals surface area contributed by atoms with Crippen LogP contribution in [0, 0.1) is 17.8 Å². The summed E-state index contributed by atoms with van der Waals surface area (Å²) in [7, 11) is 0. The van der Waals surface area contributed by atoms with E-state index in [4.69, 9.17) is 9.47 Å². The van der Waals surface area contributed by atoms with Crippen LogP contribution < -0.4 is 0 Å². The van der Waals surface area contributed by atoms with Gasteiger partial charge in [-0.25, -0.2) is 0 Å². The van der Waals surface area contributed by atoms with E-state index in [1.54, 1.807) is 0 Å². The lowest BCUT2D eigenvalue weighted by molar-refractivity contribution is -0.146. The van der Waals surface area contributed by atoms with Crippen molar-refractivity contribution in [1.29, 1.82) is 0 Å². The van der Waals surface area contributed by atoms with Crippen LogP contribution in [-0.2, 0) is 19.1 Å². The van der Waals surface area contributed by atoms with Crippen molar-refractivity contribution in [3.63, 3.8) is 0 Å². The molecule has 0 N–H and O–H groups in total. The number of esters is 2. The predicted molar refractivity (Wildman–Crippen MR) is 65.6 cm³/mol. The van der Waals surface area contributed by atoms with Crippen LogP contribution >= 0.6 is 0 Å². The molecule has 2 rings (SSSR count). The quantitative estimate of drug-likeness (QED) is 0.570. The molecule has 2 aliphatic carbocycles. The summed E-state index contributed by atoms with van der Waals surface area (Å²) in [5, 5.41) is 0. The van der Waals surface area contributed by atoms with Crippen LogP contribution in [-0.4, -0.2) is 24.6 Å². The third kappa shape index (κ3) is 2.92. The van der Waals surface area contributed by atoms with Gasteiger partial charge in [0.2, 0.25) is 0 Å². The van der Waals surface area contributed by atoms with Gasteiger partial charge in [-0.2, -0.15) is 0 Å². The van der Waals surface area contributed by atoms with Gasteiger partial charge in [0, 0.05) is 6.92 Å². The fraction of sp³-hybridized carbons (Fsp3) is 0.714. The molecule has 100 valence electrons. The highest BCUT2D eigenvalue weighted by molar-refractivity contribution is 5.76. The van der Waals surface area contributed by atoms with Crippen LogP contribution in [0.25, 0.3) is 0 Å². The Labute approximate surface area is 107 Å². The van der Waals surface area contributed by atoms with E-state index in [1.807, 2.05) is 19.1 Å². The van der Waals surface area contributed by atoms with Crippen LogP contribution in [0.15, 0.2) is 12.2 Å². The van der Waals surface area contributed by atoms with Gasteiger partial charge in [0.05, 0.1) is 12.5 Å². The smallest absolute Gasteiger partial charge is 0.309 e. The third-order valence-electron chi connectivity index (χ3n) is 3.75. The highest BCUT2D eigenvalue weighted by Gasteiger charge is 2.54. The van der Waals surface area contributed by atoms with Crippen molar-refractivity contribution in [2.45, 2.75) is 39.2 Å². The summed E-state index contributed by atoms with van der Waals surface area (Å²) < 4.78 is 10.3. The van der Waals surface area contributed by atoms with Gasteiger partial charge in [-0.05, 0) is 44.1 Å². The fourth-order valence-electron chi connectivity index (χ4n) is 2.90. The van der Waals surface area contributed by atoms with E-state index in [9.17, 15) is 9.59 Å². The van der Waals surface area contributed by atoms with Gasteiger partial charge in [0.25, 0.3) is 0 Å². The fourth-order valence-corrected chi connectivity index (χ4v) is 2.90. The standard InChI is InChI=1S/C14H20O4/c1-3-17-14(16)13-11-6-4-5-10(18-9(2)15)7-8-12(11)13/h4-5,10-13H,3,6-8H2,1-2H3/b5-4+/t10?,11-,12+,13-/m1/s1. The molecular weight excluding hydrogens is 232 g/mol. The monoisotopic (exact) mass is 252 g/mol. The van der Waals surface area contributed by atoms with E-state index in [0.29, 0.717) is 18.4 Å². The second-order valence-electron chi connectivity index (χ2n) is 4.99. The first-order chi connectivity index (χ1) is 8.63. The summed E-state index contributed by atoms with van der Waals surface area (Å²) in [5.74, 6) is 0.586. The largest absolute Gasteiger partial charge is 0.466 e. The average molecular weight is 252 g/mol. The Morgan fingerprint density at radius 2 is 2.06 bits per heavy atom. The predicted octanol–water partition coefficient (Wildman–Crippen LogP) is 2.08. The van der Waals surface area contributed by atoms with Gasteiger partial charge in [-0.15, -0.1) is 0 Å². The van der Waals surface area contributed by atoms with Crippen LogP contribution in [0.5, 0.6) is 0 Å². The second-order valence-corrected chi connectivity index (χ2v) is 4.99. The summed E-state index contributed by atoms with van der Waals surface area (Å²) in [6.45, 7) is 3.70. The molecule has 1 unspecified atom stereocenters. The van der Waals surface area contributed by atoms with Gasteiger partial charge >= 0.3 is 11.9 Å². The van der Waals surface area contributed by atoms with Gasteiger partial charge in [0.15, 0.2) is 0 Å². The van der Waals surface area contributed by atoms with Crippen molar-refractivity contribution in [2.24, 2.45) is 17.8 Å². The van der Waals surface area contributed by atoms with Crippen molar-refractivity contribution in [3.05, 3.63) is 12.2 Å². The molecule has 0 aliphatic heterocycles. The Hall–Kier alpha value is -1.32. The Bertz CT molecular complexity index is 361. The molecule has 0 amide bonds. The lowest BCUT2D eigenvalue weighted by Crippen LogP contribution is -2.15. The van der Waals surface area contributed by atoms with Crippen molar-refractivity contribution in [3.8, 4) is 0 Å². The first-order valence-electron chi connectivity index (χ1n) is 6.64. The van der Waals surface area contributed by atoms with Crippen LogP contribution in [0.4, 0.5) is 0 Å². The maximum Gasteiger partial charge on any atom is 0.309 e. The zero-order valence-corrected chi connectivity index (χ0v) is 10.9. The second kappa shape index (κ2) is 5.55. The lowest BCUT2D eigenvalue weighted by Gasteiger charge is -2.14. The number of hydrogen-bond acceptors (Lipinski definition) is 4. The Kier molecular flexibility index (Phi) is 4.04. The third-order valence-corrected chi connectivity index (χ3v) is 3.75. The number of allylic oxidation sites excluding steroid dienone is 1. The zero-order chi connectivity index (χ0) is 13.1. The topological polar surface area (TPSA) is 52.6 Å². The lowest BCUT2D eigenvalue weighted by atomic mass is 10.0. The summed E-state index contributed by atoms with van der Waals surface area (Å²) in [5.41, 5.74) is 0. The maximum absolute atomic E-state index is 11.7. The molecule has 18 heavy (non-hydrogen) atoms. The molecule has 1 fully saturated rings. The summed E-state index contributed by atoms with van der Waals surface area (Å²) in [6.07, 6.45) is 6.45. The normalized spacial score (nSPS) is 35.7. The van der Waals surface area contributed by atoms with Crippen molar-refractivity contribution in [2.75, 3.05) is 6.61 Å². The molecule has 4 atom stereocenters. The van der Waals surface area contributed by atoms with E-state index in [0.717, 1.165) is 19.3 Å². The molecule has 0 heterocycles. The Balaban J connectivity index is 1.89. The van der Waals surface area contributed by atoms with Gasteiger partial charge < -0.3 is 9.47 Å². The average Bonchev–Trinajstić information content (AvgIpc) is 2.94. The van der Waals surface area contributed by atoms with Crippen molar-refractivity contribution < 1.29 is 19.1 Å². The molecule has 2 aliphatic rings. The highest BCUT2D eigenvalue weighted by atomic mass is 16.5. The SMILES string of the molecule is CCOC(=O)[C@@H]1[C@@H]2C/C=C/C(OC(C)=O)CC[C@@H]21. The number of carbonyl (C=O) groups is 2. The molecule has 0 bridgehead atoms. The molecule has 0 spiro atoms. The van der Waals surface area contributed by atoms with Gasteiger partial charge in [0.1, 0.15) is 6.10 Å². The Morgan fingerprint density at radius 3 is 2.72 bits per heavy atom. The summed E-state index contributed by atoms with van der Waals surface area (Å²) in [6, 6.07) is 0. The van der Waals surface area contributed by atoms with Crippen LogP contribution in [0.2, 0.25) is 0 Å². The van der Waals surface area contributed by atoms with Crippen LogP contribution in [0.3, 0.4) is 0 Å². The van der Waals surface area contributed by atoms with Gasteiger partial charge in [-0.1, -0.05) is 6.08 Å². The molecule has 0 radical (unpaired) electrons. The number of rotatable bonds is 3. The van der Waals surface area contributed by atoms with E-state index in [2.05, 4.69) is 0 Å². The highest BCUT2D eigenvalue weighted by Crippen LogP contribution is 2.53. The molecule has 0 aromatic rings. The molecule has 1 saturated carbocycles. The zero-order valence-electron chi connectivity index (χ0n) is 10.9. The van der Waals surface area contributed by atoms with E-state index >= 15 is 0 Å². The maximum atomic E-state index is 11.7. The van der Waals surface area contributed by atoms with E-state index in [1.165, 1.54) is 6.92 Å². The summed E-state index contributed by atoms with van der Waals surface area (Å²) in [4.78, 5) is 22.7. The van der Waals surface area contributed by atoms with E-state index in [-0.39, 0.29) is 24.0 Å². The summed E-state index contributed by atoms with van der Waals surface area (Å²) >= 11 is 0. The number of hydrogen-bond donors (Lipinski definition) is 0. The molecule has 0 aromatic heterocycles. The number of ether oxygens (including phenoxy) is 2. The molecular formula is C14H20O4. The minimum absolute atomic E-state index is 0.0608. The van der Waals surface area contributed by atoms with Crippen molar-refractivity contribution >= 4 is 11.9 Å².